The number of aliphatic hydroxyl groups is 1. The third kappa shape index (κ3) is 3.54. The summed E-state index contributed by atoms with van der Waals surface area (Å²) in [6.45, 7) is 0. The molecule has 2 aliphatic rings. The van der Waals surface area contributed by atoms with Crippen molar-refractivity contribution in [3.8, 4) is 10.6 Å². The summed E-state index contributed by atoms with van der Waals surface area (Å²) in [5.74, 6) is -3.89. The summed E-state index contributed by atoms with van der Waals surface area (Å²) in [5.41, 5.74) is -0.832. The Balaban J connectivity index is 1.47. The van der Waals surface area contributed by atoms with E-state index in [1.54, 1.807) is 24.3 Å². The molecule has 3 aromatic rings. The van der Waals surface area contributed by atoms with Crippen LogP contribution in [0.3, 0.4) is 0 Å². The fourth-order valence-corrected chi connectivity index (χ4v) is 7.46. The molecule has 2 heterocycles. The number of hydrogen-bond donors (Lipinski definition) is 3. The molecule has 0 radical (unpaired) electrons. The molecule has 1 fully saturated rings. The molecule has 8 nitrogen and oxygen atoms in total. The van der Waals surface area contributed by atoms with E-state index in [1.807, 2.05) is 0 Å². The molecule has 180 valence electrons. The first-order valence-corrected chi connectivity index (χ1v) is 12.4. The van der Waals surface area contributed by atoms with Crippen molar-refractivity contribution >= 4 is 27.3 Å². The second-order valence-corrected chi connectivity index (χ2v) is 11.3. The predicted octanol–water partition coefficient (Wildman–Crippen LogP) is 3.76. The second kappa shape index (κ2) is 7.63. The number of carbonyl (C=O) groups is 1. The Labute approximate surface area is 195 Å². The van der Waals surface area contributed by atoms with Crippen molar-refractivity contribution in [1.82, 2.24) is 9.88 Å². The highest BCUT2D eigenvalue weighted by molar-refractivity contribution is 7.91. The molecule has 0 aliphatic heterocycles. The number of nitrogens with one attached hydrogen (secondary N) is 1. The molecule has 0 spiro atoms. The number of alkyl halides is 3. The maximum Gasteiger partial charge on any atom is 0.452 e. The fraction of sp³-hybridized carbons (Fsp3) is 0.333. The van der Waals surface area contributed by atoms with E-state index in [4.69, 9.17) is 0 Å². The van der Waals surface area contributed by atoms with Crippen molar-refractivity contribution < 1.29 is 41.1 Å². The van der Waals surface area contributed by atoms with Gasteiger partial charge in [-0.1, -0.05) is 29.4 Å². The van der Waals surface area contributed by atoms with Crippen LogP contribution in [0.2, 0.25) is 0 Å². The molecule has 1 saturated carbocycles. The van der Waals surface area contributed by atoms with Gasteiger partial charge in [-0.25, -0.2) is 8.42 Å². The second-order valence-electron chi connectivity index (χ2n) is 8.28. The lowest BCUT2D eigenvalue weighted by Gasteiger charge is -2.20. The minimum atomic E-state index is -4.74. The fourth-order valence-electron chi connectivity index (χ4n) is 4.78. The van der Waals surface area contributed by atoms with Crippen LogP contribution in [-0.4, -0.2) is 35.3 Å². The summed E-state index contributed by atoms with van der Waals surface area (Å²) < 4.78 is 71.0. The minimum absolute atomic E-state index is 0.113. The summed E-state index contributed by atoms with van der Waals surface area (Å²) in [7, 11) is -4.35. The van der Waals surface area contributed by atoms with Crippen LogP contribution in [0, 0.1) is 5.92 Å². The molecule has 4 atom stereocenters. The Bertz CT molecular complexity index is 1380. The number of aromatic nitrogens is 1. The number of carboxylic acid groups (broad SMARTS) is 1. The van der Waals surface area contributed by atoms with Crippen LogP contribution in [0.25, 0.3) is 10.6 Å². The van der Waals surface area contributed by atoms with Crippen molar-refractivity contribution in [3.63, 3.8) is 0 Å². The van der Waals surface area contributed by atoms with Gasteiger partial charge < -0.3 is 14.7 Å². The quantitative estimate of drug-likeness (QED) is 0.473. The average molecular weight is 515 g/mol. The molecule has 1 aromatic carbocycles. The minimum Gasteiger partial charge on any atom is -0.480 e. The van der Waals surface area contributed by atoms with Gasteiger partial charge >= 0.3 is 12.1 Å². The number of carboxylic acids is 1. The topological polar surface area (TPSA) is 130 Å². The van der Waals surface area contributed by atoms with E-state index in [9.17, 15) is 36.6 Å². The van der Waals surface area contributed by atoms with Gasteiger partial charge in [0, 0.05) is 12.0 Å². The van der Waals surface area contributed by atoms with Gasteiger partial charge in [0.05, 0.1) is 11.0 Å². The Morgan fingerprint density at radius 2 is 1.88 bits per heavy atom. The summed E-state index contributed by atoms with van der Waals surface area (Å²) in [5, 5.41) is 23.8. The zero-order valence-corrected chi connectivity index (χ0v) is 18.7. The number of aliphatic carboxylic acids is 1. The number of hydrogen-bond acceptors (Lipinski definition) is 7. The third-order valence-corrected chi connectivity index (χ3v) is 9.44. The predicted molar refractivity (Wildman–Crippen MR) is 112 cm³/mol. The van der Waals surface area contributed by atoms with Crippen molar-refractivity contribution in [1.29, 1.82) is 0 Å². The Kier molecular flexibility index (Phi) is 5.17. The SMILES string of the molecule is O=C(O)C1(NS(=O)(=O)c2ccc(-c3cc(C(F)(F)F)on3)s2)C2CCC(O)c3ccccc3C21. The zero-order chi connectivity index (χ0) is 24.5. The number of rotatable bonds is 5. The Morgan fingerprint density at radius 3 is 2.53 bits per heavy atom. The maximum atomic E-state index is 13.2. The van der Waals surface area contributed by atoms with Crippen LogP contribution in [-0.2, 0) is 21.0 Å². The van der Waals surface area contributed by atoms with Gasteiger partial charge in [0.15, 0.2) is 0 Å². The van der Waals surface area contributed by atoms with Gasteiger partial charge in [-0.05, 0) is 42.0 Å². The zero-order valence-electron chi connectivity index (χ0n) is 17.1. The van der Waals surface area contributed by atoms with Gasteiger partial charge in [-0.3, -0.25) is 4.79 Å². The molecule has 2 aliphatic carbocycles. The summed E-state index contributed by atoms with van der Waals surface area (Å²) in [4.78, 5) is 12.5. The van der Waals surface area contributed by atoms with Crippen LogP contribution < -0.4 is 4.72 Å². The molecule has 0 bridgehead atoms. The monoisotopic (exact) mass is 514 g/mol. The van der Waals surface area contributed by atoms with Gasteiger partial charge in [-0.2, -0.15) is 17.9 Å². The van der Waals surface area contributed by atoms with Crippen LogP contribution in [0.5, 0.6) is 0 Å². The smallest absolute Gasteiger partial charge is 0.452 e. The number of halogens is 3. The molecule has 13 heteroatoms. The number of benzene rings is 1. The van der Waals surface area contributed by atoms with E-state index in [0.717, 1.165) is 0 Å². The molecular weight excluding hydrogens is 497 g/mol. The van der Waals surface area contributed by atoms with Gasteiger partial charge in [0.25, 0.3) is 10.0 Å². The lowest BCUT2D eigenvalue weighted by molar-refractivity contribution is -0.155. The van der Waals surface area contributed by atoms with Crippen LogP contribution >= 0.6 is 11.3 Å². The van der Waals surface area contributed by atoms with Crippen LogP contribution in [0.1, 0.15) is 41.8 Å². The standard InChI is InChI=1S/C21H17F3N2O6S2/c22-21(23,24)16-9-13(25-32-16)15-7-8-17(33-15)34(30,31)26-20(19(28)29)12-5-6-14(27)10-3-1-2-4-11(10)18(12)20/h1-4,7-9,12,14,18,26-27H,5-6H2,(H,28,29). The summed E-state index contributed by atoms with van der Waals surface area (Å²) in [6.07, 6.45) is -4.93. The highest BCUT2D eigenvalue weighted by atomic mass is 32.2. The van der Waals surface area contributed by atoms with Gasteiger partial charge in [0.1, 0.15) is 15.4 Å². The summed E-state index contributed by atoms with van der Waals surface area (Å²) >= 11 is 0.647. The highest BCUT2D eigenvalue weighted by Crippen LogP contribution is 2.63. The molecule has 2 aromatic heterocycles. The van der Waals surface area contributed by atoms with E-state index >= 15 is 0 Å². The first-order valence-electron chi connectivity index (χ1n) is 10.1. The lowest BCUT2D eigenvalue weighted by Crippen LogP contribution is -2.46. The maximum absolute atomic E-state index is 13.2. The van der Waals surface area contributed by atoms with E-state index in [-0.39, 0.29) is 21.2 Å². The van der Waals surface area contributed by atoms with Crippen molar-refractivity contribution in [2.75, 3.05) is 0 Å². The van der Waals surface area contributed by atoms with E-state index in [0.29, 0.717) is 35.0 Å². The molecule has 4 unspecified atom stereocenters. The van der Waals surface area contributed by atoms with Crippen LogP contribution in [0.15, 0.2) is 51.2 Å². The number of thiophene rings is 1. The van der Waals surface area contributed by atoms with E-state index in [2.05, 4.69) is 14.4 Å². The summed E-state index contributed by atoms with van der Waals surface area (Å²) in [6, 6.07) is 9.92. The molecule has 5 rings (SSSR count). The Morgan fingerprint density at radius 1 is 1.18 bits per heavy atom. The molecular formula is C21H17F3N2O6S2. The normalized spacial score (nSPS) is 26.4. The molecule has 0 saturated heterocycles. The van der Waals surface area contributed by atoms with E-state index < -0.39 is 51.4 Å². The molecule has 3 N–H and O–H groups in total. The molecule has 34 heavy (non-hydrogen) atoms. The average Bonchev–Trinajstić information content (AvgIpc) is 3.13. The van der Waals surface area contributed by atoms with Gasteiger partial charge in [0.2, 0.25) is 5.76 Å². The largest absolute Gasteiger partial charge is 0.480 e. The first kappa shape index (κ1) is 23.0. The first-order chi connectivity index (χ1) is 15.9. The lowest BCUT2D eigenvalue weighted by atomic mass is 9.95. The third-order valence-electron chi connectivity index (χ3n) is 6.36. The number of aliphatic hydroxyl groups excluding tert-OH is 1. The van der Waals surface area contributed by atoms with Crippen molar-refractivity contribution in [2.24, 2.45) is 5.92 Å². The van der Waals surface area contributed by atoms with Crippen LogP contribution in [0.4, 0.5) is 13.2 Å². The number of fused-ring (bicyclic) bond motifs is 3. The highest BCUT2D eigenvalue weighted by Gasteiger charge is 2.72. The molecule has 0 amide bonds. The Hall–Kier alpha value is -2.74. The van der Waals surface area contributed by atoms with Crippen molar-refractivity contribution in [3.05, 3.63) is 59.4 Å². The van der Waals surface area contributed by atoms with Crippen molar-refractivity contribution in [2.45, 2.75) is 40.8 Å². The van der Waals surface area contributed by atoms with E-state index in [1.165, 1.54) is 12.1 Å². The number of nitrogens with zero attached hydrogens (tertiary/aromatic N) is 1. The number of sulfonamides is 1. The van der Waals surface area contributed by atoms with Gasteiger partial charge in [-0.15, -0.1) is 11.3 Å².